The van der Waals surface area contributed by atoms with Crippen LogP contribution >= 0.6 is 0 Å². The lowest BCUT2D eigenvalue weighted by Gasteiger charge is -2.52. The van der Waals surface area contributed by atoms with Crippen molar-refractivity contribution in [1.29, 1.82) is 0 Å². The molecule has 0 bridgehead atoms. The average molecular weight is 1160 g/mol. The summed E-state index contributed by atoms with van der Waals surface area (Å²) in [6.07, 6.45) is 6.88. The first-order chi connectivity index (χ1) is 41.0. The minimum absolute atomic E-state index is 0.00221. The van der Waals surface area contributed by atoms with Crippen LogP contribution in [0, 0.1) is 6.92 Å². The van der Waals surface area contributed by atoms with Crippen molar-refractivity contribution >= 4 is 68.6 Å². The lowest BCUT2D eigenvalue weighted by molar-refractivity contribution is 0.215. The van der Waals surface area contributed by atoms with E-state index in [4.69, 9.17) is 0 Å². The zero-order chi connectivity index (χ0) is 63.0. The highest BCUT2D eigenvalue weighted by Gasteiger charge is 2.62. The maximum atomic E-state index is 2.86. The van der Waals surface area contributed by atoms with Crippen LogP contribution in [-0.2, 0) is 43.3 Å². The second-order valence-electron chi connectivity index (χ2n) is 34.4. The fraction of sp³-hybridized carbons (Fsp3) is 0.429. The summed E-state index contributed by atoms with van der Waals surface area (Å²) in [5.41, 5.74) is 30.1. The lowest BCUT2D eigenvalue weighted by Crippen LogP contribution is -2.62. The topological polar surface area (TPSA) is 9.72 Å². The van der Waals surface area contributed by atoms with E-state index < -0.39 is 0 Å². The van der Waals surface area contributed by atoms with Gasteiger partial charge in [0.1, 0.15) is 0 Å². The lowest BCUT2D eigenvalue weighted by atomic mass is 9.33. The molecule has 1 saturated carbocycles. The molecule has 0 spiro atoms. The van der Waals surface area contributed by atoms with E-state index in [1.54, 1.807) is 0 Å². The van der Waals surface area contributed by atoms with E-state index in [1.165, 1.54) is 141 Å². The highest BCUT2D eigenvalue weighted by Crippen LogP contribution is 2.65. The Labute approximate surface area is 531 Å². The van der Waals surface area contributed by atoms with Crippen molar-refractivity contribution in [1.82, 2.24) is 0 Å². The largest absolute Gasteiger partial charge is 0.334 e. The summed E-state index contributed by atoms with van der Waals surface area (Å²) in [7, 11) is 0. The molecule has 0 amide bonds. The molecule has 5 aliphatic rings. The first kappa shape index (κ1) is 60.2. The normalized spacial score (nSPS) is 20.2. The van der Waals surface area contributed by atoms with E-state index in [2.05, 4.69) is 312 Å². The molecule has 2 aliphatic carbocycles. The number of aryl methyl sites for hydroxylation is 1. The number of fused-ring (bicyclic) bond motifs is 8. The molecule has 3 nitrogen and oxygen atoms in total. The van der Waals surface area contributed by atoms with Crippen molar-refractivity contribution in [2.45, 2.75) is 233 Å². The van der Waals surface area contributed by atoms with Crippen LogP contribution in [0.1, 0.15) is 233 Å². The maximum Gasteiger partial charge on any atom is 0.252 e. The Kier molecular flexibility index (Phi) is 13.6. The van der Waals surface area contributed by atoms with Gasteiger partial charge < -0.3 is 14.7 Å². The summed E-state index contributed by atoms with van der Waals surface area (Å²) in [4.78, 5) is 8.34. The number of benzene rings is 8. The second kappa shape index (κ2) is 19.9. The van der Waals surface area contributed by atoms with Gasteiger partial charge in [0.15, 0.2) is 0 Å². The smallest absolute Gasteiger partial charge is 0.252 e. The van der Waals surface area contributed by atoms with Crippen LogP contribution in [-0.4, -0.2) is 12.3 Å². The molecule has 3 aliphatic heterocycles. The van der Waals surface area contributed by atoms with E-state index in [0.29, 0.717) is 0 Å². The number of hydrogen-bond acceptors (Lipinski definition) is 3. The van der Waals surface area contributed by atoms with Gasteiger partial charge in [0.2, 0.25) is 0 Å². The van der Waals surface area contributed by atoms with Gasteiger partial charge in [-0.2, -0.15) is 0 Å². The Bertz CT molecular complexity index is 4100. The summed E-state index contributed by atoms with van der Waals surface area (Å²) in [6, 6.07) is 62.0. The SMILES string of the molecule is Cc1cc(C(C)(C)C)ccc1N1c2cc(N3c4ccc(C(C)(C)C)cc4C4(c5ccc(C(C)(C)C)cc5)CCCCC34C)ccc2B2c3cc4c(cc3N(c3ccc(C(C)(C)C)cc3-c3ccccc3)c3cc(C(C)(C)C)cc1c32)C(C)(C)CCC4(C)C. The maximum absolute atomic E-state index is 2.86. The van der Waals surface area contributed by atoms with Crippen LogP contribution in [0.3, 0.4) is 0 Å². The van der Waals surface area contributed by atoms with Crippen molar-refractivity contribution in [3.05, 3.63) is 207 Å². The Morgan fingerprint density at radius 1 is 0.375 bits per heavy atom. The monoisotopic (exact) mass is 1160 g/mol. The van der Waals surface area contributed by atoms with Gasteiger partial charge in [0, 0.05) is 50.8 Å². The standard InChI is InChI=1S/C84H100BN3/c1-53-45-57(77(5,6)7)33-38-68(53)86-71-50-61(88-70-40-35-59(79(11,12)13)47-65(70)84(42-26-25-41-83(84,88)21)56-31-29-55(30-32-56)76(2,3)4)36-37-66(71)85-67-51-63-64(82(19,20)44-43-81(63,17)18)52-72(67)87(74-49-60(80(14,15)16)48-73(86)75(74)85)69-39-34-58(78(8,9)10)46-62(69)54-27-23-22-24-28-54/h22-24,27-40,45-52H,25-26,41-44H2,1-21H3. The Hall–Kier alpha value is -6.78. The molecule has 8 aromatic rings. The van der Waals surface area contributed by atoms with E-state index in [9.17, 15) is 0 Å². The molecule has 13 rings (SSSR count). The molecule has 454 valence electrons. The molecule has 2 atom stereocenters. The van der Waals surface area contributed by atoms with Crippen molar-refractivity contribution in [3.63, 3.8) is 0 Å². The number of rotatable bonds is 5. The number of hydrogen-bond donors (Lipinski definition) is 0. The first-order valence-electron chi connectivity index (χ1n) is 33.5. The molecule has 0 aromatic heterocycles. The molecule has 0 N–H and O–H groups in total. The molecule has 0 saturated heterocycles. The Morgan fingerprint density at radius 2 is 0.875 bits per heavy atom. The zero-order valence-electron chi connectivity index (χ0n) is 57.6. The third-order valence-electron chi connectivity index (χ3n) is 22.3. The Morgan fingerprint density at radius 3 is 1.45 bits per heavy atom. The minimum atomic E-state index is -0.260. The number of nitrogens with zero attached hydrogens (tertiary/aromatic N) is 3. The van der Waals surface area contributed by atoms with E-state index in [0.717, 1.165) is 25.7 Å². The van der Waals surface area contributed by atoms with Crippen molar-refractivity contribution in [2.24, 2.45) is 0 Å². The van der Waals surface area contributed by atoms with Crippen LogP contribution in [0.5, 0.6) is 0 Å². The summed E-state index contributed by atoms with van der Waals surface area (Å²) in [5.74, 6) is 0. The molecule has 1 fully saturated rings. The number of anilines is 8. The van der Waals surface area contributed by atoms with Crippen LogP contribution in [0.2, 0.25) is 0 Å². The fourth-order valence-electron chi connectivity index (χ4n) is 16.7. The van der Waals surface area contributed by atoms with E-state index in [1.807, 2.05) is 0 Å². The van der Waals surface area contributed by atoms with Crippen molar-refractivity contribution in [2.75, 3.05) is 14.7 Å². The highest BCUT2D eigenvalue weighted by molar-refractivity contribution is 7.00. The summed E-state index contributed by atoms with van der Waals surface area (Å²) < 4.78 is 0. The fourth-order valence-corrected chi connectivity index (χ4v) is 16.7. The molecule has 2 unspecified atom stereocenters. The molecular weight excluding hydrogens is 1060 g/mol. The van der Waals surface area contributed by atoms with Gasteiger partial charge in [0.25, 0.3) is 6.71 Å². The van der Waals surface area contributed by atoms with Gasteiger partial charge >= 0.3 is 0 Å². The quantitative estimate of drug-likeness (QED) is 0.159. The molecule has 88 heavy (non-hydrogen) atoms. The molecule has 8 aromatic carbocycles. The first-order valence-corrected chi connectivity index (χ1v) is 33.5. The van der Waals surface area contributed by atoms with Gasteiger partial charge in [0.05, 0.1) is 11.2 Å². The van der Waals surface area contributed by atoms with E-state index >= 15 is 0 Å². The predicted octanol–water partition coefficient (Wildman–Crippen LogP) is 21.4. The summed E-state index contributed by atoms with van der Waals surface area (Å²) >= 11 is 0. The third kappa shape index (κ3) is 9.31. The van der Waals surface area contributed by atoms with Gasteiger partial charge in [-0.3, -0.25) is 0 Å². The van der Waals surface area contributed by atoms with Crippen molar-refractivity contribution in [3.8, 4) is 11.1 Å². The third-order valence-corrected chi connectivity index (χ3v) is 22.3. The molecule has 3 heterocycles. The van der Waals surface area contributed by atoms with E-state index in [-0.39, 0.29) is 55.6 Å². The van der Waals surface area contributed by atoms with Gasteiger partial charge in [-0.1, -0.05) is 241 Å². The predicted molar refractivity (Wildman–Crippen MR) is 382 cm³/mol. The summed E-state index contributed by atoms with van der Waals surface area (Å²) in [5, 5.41) is 0. The zero-order valence-corrected chi connectivity index (χ0v) is 57.6. The molecule has 0 radical (unpaired) electrons. The second-order valence-corrected chi connectivity index (χ2v) is 34.4. The van der Waals surface area contributed by atoms with Gasteiger partial charge in [-0.05, 0) is 210 Å². The van der Waals surface area contributed by atoms with Crippen LogP contribution in [0.15, 0.2) is 152 Å². The minimum Gasteiger partial charge on any atom is -0.334 e. The van der Waals surface area contributed by atoms with Gasteiger partial charge in [-0.25, -0.2) is 0 Å². The molecular formula is C84H100BN3. The summed E-state index contributed by atoms with van der Waals surface area (Å²) in [6.45, 7) is 50.6. The van der Waals surface area contributed by atoms with Crippen LogP contribution in [0.25, 0.3) is 11.1 Å². The molecule has 4 heteroatoms. The average Bonchev–Trinajstić information content (AvgIpc) is 1.28. The van der Waals surface area contributed by atoms with Gasteiger partial charge in [-0.15, -0.1) is 0 Å². The van der Waals surface area contributed by atoms with Crippen LogP contribution in [0.4, 0.5) is 45.5 Å². The van der Waals surface area contributed by atoms with Crippen molar-refractivity contribution < 1.29 is 0 Å². The highest BCUT2D eigenvalue weighted by atomic mass is 15.3. The Balaban J connectivity index is 1.14. The van der Waals surface area contributed by atoms with Crippen LogP contribution < -0.4 is 31.1 Å².